The molecular weight excluding hydrogens is 468 g/mol. The second kappa shape index (κ2) is 8.82. The van der Waals surface area contributed by atoms with Crippen LogP contribution in [-0.2, 0) is 7.05 Å². The van der Waals surface area contributed by atoms with E-state index in [9.17, 15) is 0 Å². The van der Waals surface area contributed by atoms with E-state index in [2.05, 4.69) is 67.2 Å². The zero-order valence-corrected chi connectivity index (χ0v) is 22.0. The van der Waals surface area contributed by atoms with E-state index in [1.54, 1.807) is 11.6 Å². The van der Waals surface area contributed by atoms with Crippen LogP contribution in [0.5, 0.6) is 0 Å². The Kier molecular flexibility index (Phi) is 4.16. The minimum Gasteiger partial charge on any atom is -0.437 e. The second-order valence-corrected chi connectivity index (χ2v) is 13.7. The summed E-state index contributed by atoms with van der Waals surface area (Å²) < 4.78 is 56.4. The normalized spacial score (nSPS) is 15.0. The summed E-state index contributed by atoms with van der Waals surface area (Å²) in [5, 5.41) is 5.15. The molecule has 3 aromatic carbocycles. The highest BCUT2D eigenvalue weighted by atomic mass is 28.3. The Morgan fingerprint density at radius 1 is 0.784 bits per heavy atom. The lowest BCUT2D eigenvalue weighted by Crippen LogP contribution is -2.65. The van der Waals surface area contributed by atoms with Crippen LogP contribution in [0.15, 0.2) is 102 Å². The van der Waals surface area contributed by atoms with Crippen LogP contribution in [0.3, 0.4) is 0 Å². The lowest BCUT2D eigenvalue weighted by molar-refractivity contribution is -0.660. The molecule has 0 saturated carbocycles. The largest absolute Gasteiger partial charge is 0.437 e. The summed E-state index contributed by atoms with van der Waals surface area (Å²) >= 11 is 0. The molecule has 0 bridgehead atoms. The lowest BCUT2D eigenvalue weighted by Gasteiger charge is -2.28. The van der Waals surface area contributed by atoms with E-state index in [4.69, 9.17) is 17.6 Å². The van der Waals surface area contributed by atoms with E-state index in [1.807, 2.05) is 31.2 Å². The Hall–Kier alpha value is -4.02. The predicted octanol–water partition coefficient (Wildman–Crippen LogP) is 5.50. The first-order chi connectivity index (χ1) is 20.3. The van der Waals surface area contributed by atoms with Gasteiger partial charge in [-0.15, -0.1) is 0 Å². The van der Waals surface area contributed by atoms with Gasteiger partial charge in [-0.2, -0.15) is 0 Å². The van der Waals surface area contributed by atoms with Gasteiger partial charge < -0.3 is 4.42 Å². The average Bonchev–Trinajstić information content (AvgIpc) is 3.34. The standard InChI is InChI=1S/C33H31N2OSi/c1-22-16-17-27-28-18-19-30(37(5,25-12-8-6-9-13-25)26-14-10-7-11-15-26)34-33(28)36-32(27)31(22)29-20-23(2)24(3)21-35(29)4/h6-21H,1-5H3/q+1/i2D3,3D3. The highest BCUT2D eigenvalue weighted by molar-refractivity contribution is 7.10. The van der Waals surface area contributed by atoms with Gasteiger partial charge in [-0.25, -0.2) is 9.55 Å². The number of rotatable bonds is 4. The van der Waals surface area contributed by atoms with Crippen molar-refractivity contribution in [2.75, 3.05) is 0 Å². The number of hydrogen-bond acceptors (Lipinski definition) is 2. The van der Waals surface area contributed by atoms with E-state index < -0.39 is 21.8 Å². The molecule has 4 heteroatoms. The van der Waals surface area contributed by atoms with E-state index in [-0.39, 0.29) is 11.1 Å². The lowest BCUT2D eigenvalue weighted by atomic mass is 9.99. The summed E-state index contributed by atoms with van der Waals surface area (Å²) in [6.07, 6.45) is 1.40. The third-order valence-electron chi connectivity index (χ3n) is 7.46. The fourth-order valence-electron chi connectivity index (χ4n) is 5.32. The highest BCUT2D eigenvalue weighted by Crippen LogP contribution is 2.36. The molecular formula is C33H31N2OSi+. The number of aromatic nitrogens is 2. The number of furan rings is 1. The summed E-state index contributed by atoms with van der Waals surface area (Å²) in [4.78, 5) is 5.15. The van der Waals surface area contributed by atoms with Crippen molar-refractivity contribution in [1.29, 1.82) is 0 Å². The SMILES string of the molecule is [2H]C([2H])([2H])c1cc(-c2c(C)ccc3c2oc2nc([Si](C)(c4ccccc4)c4ccccc4)ccc23)[n+](C)cc1C([2H])([2H])[2H]. The summed E-state index contributed by atoms with van der Waals surface area (Å²) in [6, 6.07) is 30.5. The first-order valence-corrected chi connectivity index (χ1v) is 14.8. The van der Waals surface area contributed by atoms with Crippen molar-refractivity contribution in [2.45, 2.75) is 27.2 Å². The maximum Gasteiger partial charge on any atom is 0.227 e. The Labute approximate surface area is 227 Å². The molecule has 3 heterocycles. The van der Waals surface area contributed by atoms with Gasteiger partial charge in [-0.1, -0.05) is 79.3 Å². The molecule has 37 heavy (non-hydrogen) atoms. The van der Waals surface area contributed by atoms with Crippen LogP contribution in [0.25, 0.3) is 33.3 Å². The molecule has 0 radical (unpaired) electrons. The molecule has 0 unspecified atom stereocenters. The van der Waals surface area contributed by atoms with Crippen molar-refractivity contribution in [3.63, 3.8) is 0 Å². The average molecular weight is 506 g/mol. The predicted molar refractivity (Wildman–Crippen MR) is 156 cm³/mol. The minimum atomic E-state index is -2.61. The molecule has 0 N–H and O–H groups in total. The van der Waals surface area contributed by atoms with Crippen LogP contribution in [0.4, 0.5) is 0 Å². The molecule has 0 spiro atoms. The topological polar surface area (TPSA) is 29.9 Å². The number of pyridine rings is 2. The molecule has 0 aliphatic heterocycles. The van der Waals surface area contributed by atoms with Gasteiger partial charge in [0.1, 0.15) is 7.05 Å². The fraction of sp³-hybridized carbons (Fsp3) is 0.152. The monoisotopic (exact) mass is 505 g/mol. The zero-order chi connectivity index (χ0) is 30.7. The van der Waals surface area contributed by atoms with Crippen molar-refractivity contribution in [2.24, 2.45) is 7.05 Å². The van der Waals surface area contributed by atoms with Gasteiger partial charge in [-0.3, -0.25) is 0 Å². The summed E-state index contributed by atoms with van der Waals surface area (Å²) in [6.45, 7) is -0.952. The van der Waals surface area contributed by atoms with Crippen LogP contribution >= 0.6 is 0 Å². The number of hydrogen-bond donors (Lipinski definition) is 0. The van der Waals surface area contributed by atoms with E-state index in [0.717, 1.165) is 21.7 Å². The van der Waals surface area contributed by atoms with E-state index >= 15 is 0 Å². The van der Waals surface area contributed by atoms with Gasteiger partial charge in [0.15, 0.2) is 19.9 Å². The van der Waals surface area contributed by atoms with Crippen LogP contribution < -0.4 is 20.3 Å². The van der Waals surface area contributed by atoms with E-state index in [1.165, 1.54) is 22.6 Å². The van der Waals surface area contributed by atoms with Gasteiger partial charge in [0, 0.05) is 35.9 Å². The first-order valence-electron chi connectivity index (χ1n) is 15.3. The van der Waals surface area contributed by atoms with Crippen molar-refractivity contribution in [3.05, 3.63) is 114 Å². The molecule has 0 fully saturated rings. The fourth-order valence-corrected chi connectivity index (χ4v) is 8.70. The van der Waals surface area contributed by atoms with Gasteiger partial charge in [0.25, 0.3) is 0 Å². The molecule has 6 aromatic rings. The van der Waals surface area contributed by atoms with Crippen molar-refractivity contribution >= 4 is 45.8 Å². The van der Waals surface area contributed by atoms with Crippen LogP contribution in [-0.4, -0.2) is 13.1 Å². The second-order valence-electron chi connectivity index (χ2n) is 9.74. The van der Waals surface area contributed by atoms with E-state index in [0.29, 0.717) is 22.6 Å². The smallest absolute Gasteiger partial charge is 0.227 e. The Morgan fingerprint density at radius 3 is 2.08 bits per heavy atom. The van der Waals surface area contributed by atoms with Crippen molar-refractivity contribution in [3.8, 4) is 11.3 Å². The maximum absolute atomic E-state index is 8.10. The number of benzene rings is 3. The van der Waals surface area contributed by atoms with Crippen LogP contribution in [0, 0.1) is 20.6 Å². The third kappa shape index (κ3) is 3.71. The Bertz CT molecular complexity index is 1940. The molecule has 6 rings (SSSR count). The van der Waals surface area contributed by atoms with Crippen molar-refractivity contribution < 1.29 is 17.2 Å². The Balaban J connectivity index is 1.60. The maximum atomic E-state index is 8.10. The quantitative estimate of drug-likeness (QED) is 0.234. The molecule has 0 atom stereocenters. The molecule has 0 aliphatic carbocycles. The summed E-state index contributed by atoms with van der Waals surface area (Å²) in [7, 11) is -0.761. The number of aryl methyl sites for hydroxylation is 4. The molecule has 182 valence electrons. The first kappa shape index (κ1) is 17.4. The molecule has 3 aromatic heterocycles. The van der Waals surface area contributed by atoms with Gasteiger partial charge in [0.2, 0.25) is 11.4 Å². The van der Waals surface area contributed by atoms with Crippen LogP contribution in [0.2, 0.25) is 6.55 Å². The minimum absolute atomic E-state index is 0.189. The number of nitrogens with zero attached hydrogens (tertiary/aromatic N) is 2. The third-order valence-corrected chi connectivity index (χ3v) is 11.7. The Morgan fingerprint density at radius 2 is 1.43 bits per heavy atom. The molecule has 3 nitrogen and oxygen atoms in total. The van der Waals surface area contributed by atoms with Gasteiger partial charge in [0.05, 0.1) is 5.56 Å². The summed E-state index contributed by atoms with van der Waals surface area (Å²) in [5.41, 5.74) is 2.82. The zero-order valence-electron chi connectivity index (χ0n) is 27.0. The van der Waals surface area contributed by atoms with Gasteiger partial charge >= 0.3 is 0 Å². The molecule has 0 saturated heterocycles. The van der Waals surface area contributed by atoms with Gasteiger partial charge in [-0.05, 0) is 54.3 Å². The summed E-state index contributed by atoms with van der Waals surface area (Å²) in [5.74, 6) is 0. The molecule has 0 amide bonds. The van der Waals surface area contributed by atoms with Crippen molar-refractivity contribution in [1.82, 2.24) is 4.98 Å². The molecule has 0 aliphatic rings. The number of fused-ring (bicyclic) bond motifs is 3. The highest BCUT2D eigenvalue weighted by Gasteiger charge is 2.36. The van der Waals surface area contributed by atoms with Crippen LogP contribution in [0.1, 0.15) is 24.9 Å².